The first kappa shape index (κ1) is 10.7. The van der Waals surface area contributed by atoms with Crippen LogP contribution in [-0.2, 0) is 6.42 Å². The van der Waals surface area contributed by atoms with Crippen LogP contribution in [-0.4, -0.2) is 23.7 Å². The molecule has 0 aliphatic rings. The molecule has 1 aromatic heterocycles. The van der Waals surface area contributed by atoms with Crippen molar-refractivity contribution in [1.29, 1.82) is 0 Å². The van der Waals surface area contributed by atoms with Crippen LogP contribution in [0.3, 0.4) is 0 Å². The Hall–Kier alpha value is -1.36. The third-order valence-electron chi connectivity index (χ3n) is 1.80. The maximum Gasteiger partial charge on any atom is 0.256 e. The second-order valence-corrected chi connectivity index (χ2v) is 3.20. The molecule has 3 N–H and O–H groups in total. The van der Waals surface area contributed by atoms with Gasteiger partial charge in [0.25, 0.3) is 5.91 Å². The van der Waals surface area contributed by atoms with Crippen molar-refractivity contribution in [3.05, 3.63) is 17.5 Å². The number of hydrogen-bond donors (Lipinski definition) is 2. The maximum atomic E-state index is 11.5. The molecule has 0 aliphatic heterocycles. The first-order chi connectivity index (χ1) is 6.65. The molecule has 0 saturated carbocycles. The number of nitrogens with two attached hydrogens (primary N) is 1. The highest BCUT2D eigenvalue weighted by Crippen LogP contribution is 2.07. The highest BCUT2D eigenvalue weighted by molar-refractivity contribution is 5.94. The Bertz CT molecular complexity index is 307. The molecule has 0 bridgehead atoms. The molecular formula is C9H15N3O2. The number of amides is 1. The van der Waals surface area contributed by atoms with E-state index in [0.717, 1.165) is 0 Å². The van der Waals surface area contributed by atoms with E-state index in [1.165, 1.54) is 6.20 Å². The van der Waals surface area contributed by atoms with Crippen LogP contribution in [0.2, 0.25) is 0 Å². The number of carbonyl (C=O) groups is 1. The molecule has 1 atom stereocenters. The van der Waals surface area contributed by atoms with Crippen LogP contribution in [0.15, 0.2) is 10.7 Å². The van der Waals surface area contributed by atoms with Gasteiger partial charge in [-0.2, -0.15) is 0 Å². The molecule has 1 heterocycles. The van der Waals surface area contributed by atoms with Gasteiger partial charge in [-0.1, -0.05) is 12.1 Å². The van der Waals surface area contributed by atoms with Gasteiger partial charge in [0.1, 0.15) is 11.3 Å². The zero-order valence-corrected chi connectivity index (χ0v) is 8.41. The summed E-state index contributed by atoms with van der Waals surface area (Å²) in [7, 11) is 0. The second kappa shape index (κ2) is 4.76. The minimum atomic E-state index is -0.180. The quantitative estimate of drug-likeness (QED) is 0.728. The van der Waals surface area contributed by atoms with E-state index >= 15 is 0 Å². The Balaban J connectivity index is 2.60. The molecule has 0 radical (unpaired) electrons. The average Bonchev–Trinajstić information content (AvgIpc) is 2.61. The number of hydrogen-bond acceptors (Lipinski definition) is 4. The second-order valence-electron chi connectivity index (χ2n) is 3.20. The average molecular weight is 197 g/mol. The van der Waals surface area contributed by atoms with E-state index in [1.54, 1.807) is 0 Å². The molecule has 0 saturated heterocycles. The van der Waals surface area contributed by atoms with Gasteiger partial charge in [0.05, 0.1) is 6.20 Å². The number of nitrogens with one attached hydrogen (secondary N) is 1. The van der Waals surface area contributed by atoms with Crippen LogP contribution in [0.5, 0.6) is 0 Å². The van der Waals surface area contributed by atoms with Gasteiger partial charge in [0.2, 0.25) is 0 Å². The molecule has 1 unspecified atom stereocenters. The van der Waals surface area contributed by atoms with E-state index in [-0.39, 0.29) is 11.9 Å². The minimum Gasteiger partial charge on any atom is -0.361 e. The van der Waals surface area contributed by atoms with Crippen LogP contribution in [0, 0.1) is 0 Å². The van der Waals surface area contributed by atoms with Gasteiger partial charge in [-0.3, -0.25) is 4.79 Å². The van der Waals surface area contributed by atoms with Gasteiger partial charge in [0, 0.05) is 19.0 Å². The fourth-order valence-electron chi connectivity index (χ4n) is 1.05. The molecule has 1 rings (SSSR count). The van der Waals surface area contributed by atoms with Gasteiger partial charge < -0.3 is 15.6 Å². The Morgan fingerprint density at radius 1 is 1.79 bits per heavy atom. The first-order valence-corrected chi connectivity index (χ1v) is 4.62. The van der Waals surface area contributed by atoms with Crippen LogP contribution < -0.4 is 11.1 Å². The van der Waals surface area contributed by atoms with Crippen molar-refractivity contribution >= 4 is 5.91 Å². The smallest absolute Gasteiger partial charge is 0.256 e. The summed E-state index contributed by atoms with van der Waals surface area (Å²) in [4.78, 5) is 11.5. The van der Waals surface area contributed by atoms with E-state index in [1.807, 2.05) is 13.8 Å². The lowest BCUT2D eigenvalue weighted by atomic mass is 10.2. The molecule has 0 spiro atoms. The number of nitrogens with zero attached hydrogens (tertiary/aromatic N) is 1. The fourth-order valence-corrected chi connectivity index (χ4v) is 1.05. The standard InChI is InChI=1S/C9H15N3O2/c1-3-8-7(5-12-14-8)9(13)11-4-6(2)10/h5-6H,3-4,10H2,1-2H3,(H,11,13). The zero-order chi connectivity index (χ0) is 10.6. The third-order valence-corrected chi connectivity index (χ3v) is 1.80. The van der Waals surface area contributed by atoms with Crippen molar-refractivity contribution in [2.75, 3.05) is 6.54 Å². The van der Waals surface area contributed by atoms with E-state index in [2.05, 4.69) is 10.5 Å². The highest BCUT2D eigenvalue weighted by atomic mass is 16.5. The van der Waals surface area contributed by atoms with E-state index < -0.39 is 0 Å². The number of aryl methyl sites for hydroxylation is 1. The highest BCUT2D eigenvalue weighted by Gasteiger charge is 2.14. The molecule has 1 amide bonds. The summed E-state index contributed by atoms with van der Waals surface area (Å²) >= 11 is 0. The van der Waals surface area contributed by atoms with Gasteiger partial charge in [-0.05, 0) is 6.92 Å². The van der Waals surface area contributed by atoms with Crippen molar-refractivity contribution in [2.45, 2.75) is 26.3 Å². The summed E-state index contributed by atoms with van der Waals surface area (Å²) in [6, 6.07) is -0.0520. The molecule has 1 aromatic rings. The summed E-state index contributed by atoms with van der Waals surface area (Å²) in [6.07, 6.45) is 2.08. The Morgan fingerprint density at radius 3 is 3.07 bits per heavy atom. The monoisotopic (exact) mass is 197 g/mol. The van der Waals surface area contributed by atoms with Crippen molar-refractivity contribution in [1.82, 2.24) is 10.5 Å². The minimum absolute atomic E-state index is 0.0520. The molecule has 0 aromatic carbocycles. The van der Waals surface area contributed by atoms with Crippen molar-refractivity contribution < 1.29 is 9.32 Å². The van der Waals surface area contributed by atoms with Gasteiger partial charge >= 0.3 is 0 Å². The predicted octanol–water partition coefficient (Wildman–Crippen LogP) is 0.314. The molecule has 78 valence electrons. The van der Waals surface area contributed by atoms with Crippen molar-refractivity contribution in [2.24, 2.45) is 5.73 Å². The van der Waals surface area contributed by atoms with Gasteiger partial charge in [-0.25, -0.2) is 0 Å². The van der Waals surface area contributed by atoms with Crippen LogP contribution in [0.1, 0.15) is 30.0 Å². The summed E-state index contributed by atoms with van der Waals surface area (Å²) in [6.45, 7) is 4.19. The normalized spacial score (nSPS) is 12.5. The molecule has 0 aliphatic carbocycles. The van der Waals surface area contributed by atoms with Gasteiger partial charge in [0.15, 0.2) is 0 Å². The van der Waals surface area contributed by atoms with Crippen LogP contribution >= 0.6 is 0 Å². The molecule has 14 heavy (non-hydrogen) atoms. The molecular weight excluding hydrogens is 182 g/mol. The van der Waals surface area contributed by atoms with Crippen LogP contribution in [0.4, 0.5) is 0 Å². The van der Waals surface area contributed by atoms with Crippen molar-refractivity contribution in [3.63, 3.8) is 0 Å². The topological polar surface area (TPSA) is 81.2 Å². The largest absolute Gasteiger partial charge is 0.361 e. The predicted molar refractivity (Wildman–Crippen MR) is 51.9 cm³/mol. The number of aromatic nitrogens is 1. The number of rotatable bonds is 4. The van der Waals surface area contributed by atoms with E-state index in [4.69, 9.17) is 10.3 Å². The lowest BCUT2D eigenvalue weighted by molar-refractivity contribution is 0.0950. The molecule has 5 nitrogen and oxygen atoms in total. The number of carbonyl (C=O) groups excluding carboxylic acids is 1. The fraction of sp³-hybridized carbons (Fsp3) is 0.556. The molecule has 5 heteroatoms. The summed E-state index contributed by atoms with van der Waals surface area (Å²) in [5.41, 5.74) is 6.00. The lowest BCUT2D eigenvalue weighted by Crippen LogP contribution is -2.35. The summed E-state index contributed by atoms with van der Waals surface area (Å²) < 4.78 is 4.90. The van der Waals surface area contributed by atoms with E-state index in [9.17, 15) is 4.79 Å². The Kier molecular flexibility index (Phi) is 3.64. The van der Waals surface area contributed by atoms with Crippen molar-refractivity contribution in [3.8, 4) is 0 Å². The first-order valence-electron chi connectivity index (χ1n) is 4.62. The lowest BCUT2D eigenvalue weighted by Gasteiger charge is -2.06. The zero-order valence-electron chi connectivity index (χ0n) is 8.41. The van der Waals surface area contributed by atoms with E-state index in [0.29, 0.717) is 24.3 Å². The summed E-state index contributed by atoms with van der Waals surface area (Å²) in [5, 5.41) is 6.27. The third kappa shape index (κ3) is 2.56. The summed E-state index contributed by atoms with van der Waals surface area (Å²) in [5.74, 6) is 0.424. The van der Waals surface area contributed by atoms with Crippen LogP contribution in [0.25, 0.3) is 0 Å². The Morgan fingerprint density at radius 2 is 2.50 bits per heavy atom. The molecule has 0 fully saturated rings. The SMILES string of the molecule is CCc1oncc1C(=O)NCC(C)N. The van der Waals surface area contributed by atoms with Gasteiger partial charge in [-0.15, -0.1) is 0 Å². The maximum absolute atomic E-state index is 11.5. The Labute approximate surface area is 82.6 Å².